The van der Waals surface area contributed by atoms with Crippen molar-refractivity contribution in [2.24, 2.45) is 5.41 Å². The molecule has 386 valence electrons. The van der Waals surface area contributed by atoms with Gasteiger partial charge in [0.2, 0.25) is 23.7 Å². The smallest absolute Gasteiger partial charge is 0.293 e. The fourth-order valence-electron chi connectivity index (χ4n) is 9.76. The number of likely N-dealkylation sites (tertiary alicyclic amines) is 1. The summed E-state index contributed by atoms with van der Waals surface area (Å²) in [5, 5.41) is 22.4. The summed E-state index contributed by atoms with van der Waals surface area (Å²) in [6.07, 6.45) is 7.75. The minimum atomic E-state index is -1.00. The van der Waals surface area contributed by atoms with Crippen molar-refractivity contribution in [3.63, 3.8) is 0 Å². The number of carbonyl (C=O) groups is 4. The fourth-order valence-corrected chi connectivity index (χ4v) is 10.6. The first-order chi connectivity index (χ1) is 35.2. The van der Waals surface area contributed by atoms with Crippen LogP contribution in [0.3, 0.4) is 0 Å². The Hall–Kier alpha value is -6.99. The first kappa shape index (κ1) is 52.3. The van der Waals surface area contributed by atoms with E-state index < -0.39 is 35.4 Å². The second-order valence-corrected chi connectivity index (χ2v) is 20.4. The number of hydrogen-bond acceptors (Lipinski definition) is 15. The molecular formula is C52H64N12O8S. The van der Waals surface area contributed by atoms with E-state index in [2.05, 4.69) is 52.9 Å². The Labute approximate surface area is 429 Å². The van der Waals surface area contributed by atoms with Gasteiger partial charge in [0.25, 0.3) is 11.7 Å². The molecule has 0 radical (unpaired) electrons. The summed E-state index contributed by atoms with van der Waals surface area (Å²) >= 11 is 1.56. The summed E-state index contributed by atoms with van der Waals surface area (Å²) in [5.41, 5.74) is 6.54. The molecular weight excluding hydrogens is 953 g/mol. The number of thiazole rings is 1. The first-order valence-electron chi connectivity index (χ1n) is 24.7. The van der Waals surface area contributed by atoms with Crippen LogP contribution in [0.1, 0.15) is 99.6 Å². The lowest BCUT2D eigenvalue weighted by Crippen LogP contribution is -2.58. The van der Waals surface area contributed by atoms with Crippen molar-refractivity contribution in [3.05, 3.63) is 94.4 Å². The predicted octanol–water partition coefficient (Wildman–Crippen LogP) is 6.18. The van der Waals surface area contributed by atoms with Gasteiger partial charge in [0.15, 0.2) is 12.1 Å². The number of nitrogens with zero attached hydrogens (tertiary/aromatic N) is 8. The molecule has 2 aliphatic heterocycles. The molecule has 1 saturated heterocycles. The number of imidazole rings is 1. The molecule has 73 heavy (non-hydrogen) atoms. The number of β-amino-alcohol motifs (C(OH)–C–C–N with tert-alkyl or cyclic N) is 1. The molecule has 0 spiro atoms. The summed E-state index contributed by atoms with van der Waals surface area (Å²) in [6.45, 7) is 17.8. The number of carbonyl (C=O) groups excluding carboxylic acids is 4. The molecule has 1 saturated carbocycles. The van der Waals surface area contributed by atoms with Gasteiger partial charge in [-0.3, -0.25) is 23.7 Å². The average Bonchev–Trinajstić information content (AvgIpc) is 4.23. The number of aryl methyl sites for hydroxylation is 1. The number of rotatable bonds is 20. The highest BCUT2D eigenvalue weighted by Crippen LogP contribution is 2.46. The van der Waals surface area contributed by atoms with Gasteiger partial charge in [-0.2, -0.15) is 4.98 Å². The van der Waals surface area contributed by atoms with E-state index in [-0.39, 0.29) is 76.4 Å². The maximum Gasteiger partial charge on any atom is 0.293 e. The zero-order chi connectivity index (χ0) is 51.8. The molecule has 5 aromatic rings. The lowest BCUT2D eigenvalue weighted by molar-refractivity contribution is -0.144. The number of methoxy groups -OCH3 is 1. The number of ether oxygens (including phenoxy) is 3. The Morgan fingerprint density at radius 3 is 2.47 bits per heavy atom. The molecule has 0 unspecified atom stereocenters. The Kier molecular flexibility index (Phi) is 16.7. The Morgan fingerprint density at radius 1 is 1.00 bits per heavy atom. The minimum absolute atomic E-state index is 0.0386. The highest BCUT2D eigenvalue weighted by Gasteiger charge is 2.45. The van der Waals surface area contributed by atoms with Gasteiger partial charge in [-0.1, -0.05) is 71.4 Å². The Bertz CT molecular complexity index is 2820. The third-order valence-corrected chi connectivity index (χ3v) is 14.4. The number of aliphatic hydroxyl groups is 1. The van der Waals surface area contributed by atoms with Crippen molar-refractivity contribution < 1.29 is 38.5 Å². The van der Waals surface area contributed by atoms with Crippen LogP contribution in [0.25, 0.3) is 21.0 Å². The topological polar surface area (TPSA) is 232 Å². The number of aliphatic hydroxyl groups excluding tert-OH is 1. The number of amides is 4. The first-order valence-corrected chi connectivity index (χ1v) is 25.6. The Balaban J connectivity index is 0.769. The molecule has 20 nitrogen and oxygen atoms in total. The zero-order valence-electron chi connectivity index (χ0n) is 42.1. The number of nitrogens with one attached hydrogen (secondary N) is 4. The predicted molar refractivity (Wildman–Crippen MR) is 275 cm³/mol. The van der Waals surface area contributed by atoms with Crippen LogP contribution >= 0.6 is 11.3 Å². The van der Waals surface area contributed by atoms with E-state index in [1.165, 1.54) is 12.0 Å². The maximum atomic E-state index is 14.0. The van der Waals surface area contributed by atoms with E-state index in [0.29, 0.717) is 28.8 Å². The van der Waals surface area contributed by atoms with Crippen LogP contribution in [-0.4, -0.2) is 129 Å². The van der Waals surface area contributed by atoms with E-state index >= 15 is 0 Å². The van der Waals surface area contributed by atoms with Gasteiger partial charge in [0.05, 0.1) is 72.7 Å². The molecule has 4 amide bonds. The highest BCUT2D eigenvalue weighted by molar-refractivity contribution is 7.13. The van der Waals surface area contributed by atoms with Gasteiger partial charge in [0.1, 0.15) is 30.1 Å². The molecule has 4 atom stereocenters. The maximum absolute atomic E-state index is 14.0. The summed E-state index contributed by atoms with van der Waals surface area (Å²) in [5.74, 6) is 0.242. The Morgan fingerprint density at radius 2 is 1.77 bits per heavy atom. The average molecular weight is 1020 g/mol. The number of fused-ring (bicyclic) bond motifs is 3. The third kappa shape index (κ3) is 11.9. The second kappa shape index (κ2) is 23.3. The van der Waals surface area contributed by atoms with Crippen LogP contribution < -0.4 is 30.9 Å². The fraction of sp³-hybridized carbons (Fsp3) is 0.481. The molecule has 3 aromatic heterocycles. The van der Waals surface area contributed by atoms with Crippen LogP contribution in [0, 0.1) is 18.9 Å². The van der Waals surface area contributed by atoms with E-state index in [1.807, 2.05) is 56.5 Å². The summed E-state index contributed by atoms with van der Waals surface area (Å²) in [4.78, 5) is 80.6. The lowest BCUT2D eigenvalue weighted by Gasteiger charge is -2.42. The molecule has 5 heterocycles. The number of benzene rings is 2. The van der Waals surface area contributed by atoms with Crippen LogP contribution in [0.2, 0.25) is 0 Å². The molecule has 21 heteroatoms. The second-order valence-electron chi connectivity index (χ2n) is 19.5. The summed E-state index contributed by atoms with van der Waals surface area (Å²) in [7, 11) is 1.52. The van der Waals surface area contributed by atoms with Crippen molar-refractivity contribution in [3.8, 4) is 21.9 Å². The standard InChI is InChI=1S/C52H64N12O8S/c1-8-38-43-46(53-6)57-29-63(43)40-26-56-51(61-47(40)64(38)35-11-9-10-12-35)59-37-18-17-34(23-41(37)70-7)48(67)54-19-20-71-21-22-72-28-42(66)60-45(52(3,4)5)50(69)62-27-36(65)24-39(62)49(68)55-25-32-13-15-33(16-14-32)44-31(2)58-30-73-44/h13-18,23,26,29-30,35-36,38-39,45,65H,8-12,19-22,24-25,27-28H2,1-5,7H3,(H,54,67)(H,55,68)(H,60,66)(H,56,59,61)/t36-,38-,39+,45-/m1/s1. The lowest BCUT2D eigenvalue weighted by atomic mass is 9.85. The van der Waals surface area contributed by atoms with E-state index in [4.69, 9.17) is 25.8 Å². The van der Waals surface area contributed by atoms with Gasteiger partial charge in [-0.15, -0.1) is 16.3 Å². The number of aromatic nitrogens is 5. The summed E-state index contributed by atoms with van der Waals surface area (Å²) < 4.78 is 18.8. The molecule has 0 bridgehead atoms. The van der Waals surface area contributed by atoms with Crippen molar-refractivity contribution >= 4 is 58.2 Å². The monoisotopic (exact) mass is 1020 g/mol. The minimum Gasteiger partial charge on any atom is -0.495 e. The normalized spacial score (nSPS) is 17.9. The largest absolute Gasteiger partial charge is 0.495 e. The number of anilines is 3. The summed E-state index contributed by atoms with van der Waals surface area (Å²) in [6, 6.07) is 11.2. The van der Waals surface area contributed by atoms with Crippen LogP contribution in [0.5, 0.6) is 5.75 Å². The van der Waals surface area contributed by atoms with Crippen molar-refractivity contribution in [1.82, 2.24) is 45.4 Å². The molecule has 3 aliphatic rings. The van der Waals surface area contributed by atoms with Crippen molar-refractivity contribution in [1.29, 1.82) is 0 Å². The SMILES string of the molecule is [C-]#[N+]c1ncn2c1[C@@H](CC)N(C1CCCC1)c1nc(Nc3ccc(C(=O)NCCOCCOCC(=O)N[C@H](C(=O)N4C[C@H](O)C[C@H]4C(=O)NCc4ccc(-c5scnc5C)cc4)C(C)(C)C)cc3OC)ncc1-2. The molecule has 5 N–H and O–H groups in total. The van der Waals surface area contributed by atoms with Crippen LogP contribution in [0.15, 0.2) is 60.5 Å². The van der Waals surface area contributed by atoms with Gasteiger partial charge >= 0.3 is 0 Å². The third-order valence-electron chi connectivity index (χ3n) is 13.5. The van der Waals surface area contributed by atoms with E-state index in [0.717, 1.165) is 71.0 Å². The quantitative estimate of drug-likeness (QED) is 0.0433. The van der Waals surface area contributed by atoms with E-state index in [9.17, 15) is 24.3 Å². The van der Waals surface area contributed by atoms with Gasteiger partial charge < -0.3 is 55.2 Å². The number of hydrogen-bond donors (Lipinski definition) is 5. The van der Waals surface area contributed by atoms with Crippen molar-refractivity contribution in [2.45, 2.75) is 110 Å². The van der Waals surface area contributed by atoms with Gasteiger partial charge in [-0.05, 0) is 60.9 Å². The molecule has 8 rings (SSSR count). The highest BCUT2D eigenvalue weighted by atomic mass is 32.1. The molecule has 2 fully saturated rings. The van der Waals surface area contributed by atoms with Crippen LogP contribution in [-0.2, 0) is 30.4 Å². The van der Waals surface area contributed by atoms with E-state index in [1.54, 1.807) is 47.6 Å². The van der Waals surface area contributed by atoms with Gasteiger partial charge in [0, 0.05) is 37.7 Å². The molecule has 2 aromatic carbocycles. The molecule has 1 aliphatic carbocycles. The van der Waals surface area contributed by atoms with Crippen LogP contribution in [0.4, 0.5) is 23.3 Å². The zero-order valence-corrected chi connectivity index (χ0v) is 43.0. The van der Waals surface area contributed by atoms with Gasteiger partial charge in [-0.25, -0.2) is 9.97 Å². The van der Waals surface area contributed by atoms with Crippen molar-refractivity contribution in [2.75, 3.05) is 56.8 Å².